The third-order valence-electron chi connectivity index (χ3n) is 1.41. The van der Waals surface area contributed by atoms with Crippen LogP contribution < -0.4 is 0 Å². The van der Waals surface area contributed by atoms with Gasteiger partial charge in [-0.25, -0.2) is 8.78 Å². The van der Waals surface area contributed by atoms with Gasteiger partial charge in [0.05, 0.1) is 0 Å². The maximum atomic E-state index is 13.0. The minimum atomic E-state index is -0.769. The summed E-state index contributed by atoms with van der Waals surface area (Å²) in [6.07, 6.45) is 5.08. The van der Waals surface area contributed by atoms with E-state index in [0.717, 1.165) is 6.07 Å². The van der Waals surface area contributed by atoms with Crippen molar-refractivity contribution in [2.75, 3.05) is 0 Å². The minimum absolute atomic E-state index is 0.117. The maximum Gasteiger partial charge on any atom is 0.148 e. The fourth-order valence-corrected chi connectivity index (χ4v) is 0.997. The highest BCUT2D eigenvalue weighted by molar-refractivity contribution is 6.30. The van der Waals surface area contributed by atoms with Gasteiger partial charge >= 0.3 is 0 Å². The molecule has 1 aromatic carbocycles. The van der Waals surface area contributed by atoms with Crippen molar-refractivity contribution < 1.29 is 8.78 Å². The molecule has 1 rings (SSSR count). The fourth-order valence-electron chi connectivity index (χ4n) is 0.812. The molecule has 0 unspecified atom stereocenters. The fraction of sp³-hybridized carbons (Fsp3) is 0.111. The second-order valence-corrected chi connectivity index (χ2v) is 2.59. The molecule has 0 aromatic heterocycles. The minimum Gasteiger partial charge on any atom is -0.205 e. The molecule has 12 heavy (non-hydrogen) atoms. The van der Waals surface area contributed by atoms with Gasteiger partial charge in [0.25, 0.3) is 0 Å². The van der Waals surface area contributed by atoms with Gasteiger partial charge < -0.3 is 0 Å². The topological polar surface area (TPSA) is 0 Å². The predicted molar refractivity (Wildman–Crippen MR) is 43.9 cm³/mol. The van der Waals surface area contributed by atoms with Crippen molar-refractivity contribution in [3.8, 4) is 12.3 Å². The molecule has 0 N–H and O–H groups in total. The van der Waals surface area contributed by atoms with E-state index in [2.05, 4.69) is 5.92 Å². The van der Waals surface area contributed by atoms with Gasteiger partial charge in [-0.05, 0) is 6.07 Å². The monoisotopic (exact) mass is 186 g/mol. The summed E-state index contributed by atoms with van der Waals surface area (Å²) in [6.45, 7) is 0. The van der Waals surface area contributed by atoms with Gasteiger partial charge in [0.1, 0.15) is 16.7 Å². The molecule has 62 valence electrons. The average Bonchev–Trinajstić information content (AvgIpc) is 2.07. The lowest BCUT2D eigenvalue weighted by Gasteiger charge is -2.00. The predicted octanol–water partition coefficient (Wildman–Crippen LogP) is 2.79. The maximum absolute atomic E-state index is 13.0. The van der Waals surface area contributed by atoms with Crippen molar-refractivity contribution in [2.24, 2.45) is 0 Å². The molecule has 0 nitrogen and oxygen atoms in total. The lowest BCUT2D eigenvalue weighted by molar-refractivity contribution is 0.576. The van der Waals surface area contributed by atoms with Crippen LogP contribution in [0.4, 0.5) is 8.78 Å². The zero-order valence-electron chi connectivity index (χ0n) is 6.07. The zero-order chi connectivity index (χ0) is 9.14. The number of rotatable bonds is 1. The Balaban J connectivity index is 3.19. The van der Waals surface area contributed by atoms with E-state index in [1.54, 1.807) is 0 Å². The van der Waals surface area contributed by atoms with Crippen LogP contribution in [0.1, 0.15) is 5.56 Å². The molecule has 0 atom stereocenters. The van der Waals surface area contributed by atoms with Crippen LogP contribution in [0.3, 0.4) is 0 Å². The van der Waals surface area contributed by atoms with Gasteiger partial charge in [-0.15, -0.1) is 12.3 Å². The summed E-state index contributed by atoms with van der Waals surface area (Å²) in [5.41, 5.74) is 0.240. The Labute approximate surface area is 74.2 Å². The van der Waals surface area contributed by atoms with Crippen molar-refractivity contribution >= 4 is 11.6 Å². The number of benzene rings is 1. The highest BCUT2D eigenvalue weighted by atomic mass is 35.5. The van der Waals surface area contributed by atoms with E-state index in [1.807, 2.05) is 0 Å². The van der Waals surface area contributed by atoms with Crippen molar-refractivity contribution in [1.29, 1.82) is 0 Å². The van der Waals surface area contributed by atoms with Gasteiger partial charge in [0.15, 0.2) is 0 Å². The van der Waals surface area contributed by atoms with Crippen LogP contribution in [0, 0.1) is 24.0 Å². The SMILES string of the molecule is C#CCc1ccc(F)c(Cl)c1F. The highest BCUT2D eigenvalue weighted by Crippen LogP contribution is 2.21. The molecular formula is C9H5ClF2. The quantitative estimate of drug-likeness (QED) is 0.467. The molecule has 0 bridgehead atoms. The van der Waals surface area contributed by atoms with Gasteiger partial charge in [0, 0.05) is 12.0 Å². The van der Waals surface area contributed by atoms with E-state index in [0.29, 0.717) is 0 Å². The van der Waals surface area contributed by atoms with E-state index < -0.39 is 16.7 Å². The molecule has 0 saturated heterocycles. The summed E-state index contributed by atoms with van der Waals surface area (Å²) in [7, 11) is 0. The molecule has 0 aliphatic heterocycles. The molecule has 0 radical (unpaired) electrons. The van der Waals surface area contributed by atoms with Gasteiger partial charge in [-0.3, -0.25) is 0 Å². The van der Waals surface area contributed by atoms with Crippen molar-refractivity contribution in [3.63, 3.8) is 0 Å². The lowest BCUT2D eigenvalue weighted by Crippen LogP contribution is -1.91. The standard InChI is InChI=1S/C9H5ClF2/c1-2-3-6-4-5-7(11)8(10)9(6)12/h1,4-5H,3H2. The van der Waals surface area contributed by atoms with E-state index in [1.165, 1.54) is 6.07 Å². The Bertz CT molecular complexity index is 339. The summed E-state index contributed by atoms with van der Waals surface area (Å²) >= 11 is 5.30. The van der Waals surface area contributed by atoms with Crippen molar-refractivity contribution in [1.82, 2.24) is 0 Å². The van der Waals surface area contributed by atoms with Crippen LogP contribution in [0.5, 0.6) is 0 Å². The summed E-state index contributed by atoms with van der Waals surface area (Å²) < 4.78 is 25.6. The van der Waals surface area contributed by atoms with Crippen LogP contribution >= 0.6 is 11.6 Å². The molecule has 0 aliphatic carbocycles. The van der Waals surface area contributed by atoms with E-state index in [9.17, 15) is 8.78 Å². The van der Waals surface area contributed by atoms with Crippen LogP contribution in [-0.4, -0.2) is 0 Å². The van der Waals surface area contributed by atoms with Crippen molar-refractivity contribution in [3.05, 3.63) is 34.4 Å². The number of hydrogen-bond donors (Lipinski definition) is 0. The normalized spacial score (nSPS) is 9.50. The number of halogens is 3. The Morgan fingerprint density at radius 2 is 2.08 bits per heavy atom. The van der Waals surface area contributed by atoms with Gasteiger partial charge in [-0.2, -0.15) is 0 Å². The highest BCUT2D eigenvalue weighted by Gasteiger charge is 2.09. The summed E-state index contributed by atoms with van der Waals surface area (Å²) in [4.78, 5) is 0. The van der Waals surface area contributed by atoms with Crippen LogP contribution in [-0.2, 0) is 6.42 Å². The van der Waals surface area contributed by atoms with E-state index >= 15 is 0 Å². The third-order valence-corrected chi connectivity index (χ3v) is 1.75. The first-order valence-electron chi connectivity index (χ1n) is 3.22. The van der Waals surface area contributed by atoms with Gasteiger partial charge in [-0.1, -0.05) is 17.7 Å². The number of hydrogen-bond acceptors (Lipinski definition) is 0. The summed E-state index contributed by atoms with van der Waals surface area (Å²) in [5.74, 6) is 0.713. The second kappa shape index (κ2) is 3.55. The smallest absolute Gasteiger partial charge is 0.148 e. The first kappa shape index (κ1) is 9.02. The first-order chi connectivity index (χ1) is 5.66. The second-order valence-electron chi connectivity index (χ2n) is 2.22. The molecule has 0 amide bonds. The third kappa shape index (κ3) is 1.57. The van der Waals surface area contributed by atoms with Crippen LogP contribution in [0.2, 0.25) is 5.02 Å². The molecule has 0 heterocycles. The first-order valence-corrected chi connectivity index (χ1v) is 3.60. The van der Waals surface area contributed by atoms with E-state index in [-0.39, 0.29) is 12.0 Å². The Hall–Kier alpha value is -1.07. The largest absolute Gasteiger partial charge is 0.205 e. The molecule has 0 aliphatic rings. The number of terminal acetylenes is 1. The van der Waals surface area contributed by atoms with Crippen LogP contribution in [0.15, 0.2) is 12.1 Å². The molecule has 0 fully saturated rings. The molecule has 0 spiro atoms. The molecule has 0 saturated carbocycles. The Morgan fingerprint density at radius 3 is 2.67 bits per heavy atom. The summed E-state index contributed by atoms with van der Waals surface area (Å²) in [5, 5.41) is -0.497. The van der Waals surface area contributed by atoms with Gasteiger partial charge in [0.2, 0.25) is 0 Å². The van der Waals surface area contributed by atoms with E-state index in [4.69, 9.17) is 18.0 Å². The zero-order valence-corrected chi connectivity index (χ0v) is 6.83. The molecular weight excluding hydrogens is 182 g/mol. The van der Waals surface area contributed by atoms with Crippen molar-refractivity contribution in [2.45, 2.75) is 6.42 Å². The average molecular weight is 187 g/mol. The molecule has 1 aromatic rings. The van der Waals surface area contributed by atoms with Crippen LogP contribution in [0.25, 0.3) is 0 Å². The lowest BCUT2D eigenvalue weighted by atomic mass is 10.1. The Morgan fingerprint density at radius 1 is 1.42 bits per heavy atom. The summed E-state index contributed by atoms with van der Waals surface area (Å²) in [6, 6.07) is 2.38. The molecule has 3 heteroatoms. The Kier molecular flexibility index (Phi) is 2.67.